The Morgan fingerprint density at radius 2 is 1.90 bits per heavy atom. The van der Waals surface area contributed by atoms with Gasteiger partial charge in [0.25, 0.3) is 0 Å². The predicted molar refractivity (Wildman–Crippen MR) is 78.1 cm³/mol. The Labute approximate surface area is 127 Å². The molecule has 0 N–H and O–H groups in total. The summed E-state index contributed by atoms with van der Waals surface area (Å²) in [4.78, 5) is 4.38. The third kappa shape index (κ3) is 2.68. The molecule has 2 nitrogen and oxygen atoms in total. The van der Waals surface area contributed by atoms with Crippen LogP contribution in [0.4, 0.5) is 13.2 Å². The third-order valence-electron chi connectivity index (χ3n) is 3.22. The number of nitrogens with zero attached hydrogens (tertiary/aromatic N) is 2. The fourth-order valence-electron chi connectivity index (χ4n) is 2.10. The van der Waals surface area contributed by atoms with Crippen LogP contribution >= 0.6 is 15.9 Å². The average Bonchev–Trinajstić information content (AvgIpc) is 2.81. The van der Waals surface area contributed by atoms with Gasteiger partial charge in [0, 0.05) is 22.4 Å². The van der Waals surface area contributed by atoms with Crippen molar-refractivity contribution in [1.29, 1.82) is 0 Å². The van der Waals surface area contributed by atoms with E-state index in [0.717, 1.165) is 22.2 Å². The van der Waals surface area contributed by atoms with Crippen molar-refractivity contribution in [3.05, 3.63) is 58.3 Å². The minimum Gasteiger partial charge on any atom is -0.305 e. The molecular formula is C15H10BrF3N2. The number of hydrogen-bond acceptors (Lipinski definition) is 1. The summed E-state index contributed by atoms with van der Waals surface area (Å²) in [6.45, 7) is 1.93. The number of benzene rings is 1. The SMILES string of the molecule is Cc1cc2nc(-c3cccc(C(F)(F)F)c3)cn2cc1Br. The van der Waals surface area contributed by atoms with Crippen LogP contribution in [0, 0.1) is 6.92 Å². The summed E-state index contributed by atoms with van der Waals surface area (Å²) in [5, 5.41) is 0. The van der Waals surface area contributed by atoms with Crippen LogP contribution in [0.3, 0.4) is 0 Å². The van der Waals surface area contributed by atoms with E-state index in [9.17, 15) is 13.2 Å². The number of aromatic nitrogens is 2. The normalized spacial score (nSPS) is 12.0. The zero-order valence-corrected chi connectivity index (χ0v) is 12.5. The van der Waals surface area contributed by atoms with Crippen LogP contribution in [0.5, 0.6) is 0 Å². The molecule has 2 aromatic heterocycles. The number of halogens is 4. The second-order valence-corrected chi connectivity index (χ2v) is 5.63. The summed E-state index contributed by atoms with van der Waals surface area (Å²) in [6, 6.07) is 7.06. The van der Waals surface area contributed by atoms with E-state index < -0.39 is 11.7 Å². The molecule has 108 valence electrons. The number of fused-ring (bicyclic) bond motifs is 1. The molecule has 2 heterocycles. The van der Waals surface area contributed by atoms with Crippen molar-refractivity contribution in [3.8, 4) is 11.3 Å². The van der Waals surface area contributed by atoms with Gasteiger partial charge in [-0.2, -0.15) is 13.2 Å². The highest BCUT2D eigenvalue weighted by Gasteiger charge is 2.30. The van der Waals surface area contributed by atoms with Crippen LogP contribution in [0.25, 0.3) is 16.9 Å². The predicted octanol–water partition coefficient (Wildman–Crippen LogP) is 5.09. The van der Waals surface area contributed by atoms with Gasteiger partial charge in [-0.25, -0.2) is 4.98 Å². The average molecular weight is 355 g/mol. The van der Waals surface area contributed by atoms with Gasteiger partial charge in [0.1, 0.15) is 5.65 Å². The Bertz CT molecular complexity index is 782. The fraction of sp³-hybridized carbons (Fsp3) is 0.133. The molecule has 0 spiro atoms. The molecule has 0 atom stereocenters. The lowest BCUT2D eigenvalue weighted by Gasteiger charge is -2.07. The molecule has 3 rings (SSSR count). The molecular weight excluding hydrogens is 345 g/mol. The van der Waals surface area contributed by atoms with Crippen LogP contribution in [0.1, 0.15) is 11.1 Å². The van der Waals surface area contributed by atoms with Crippen molar-refractivity contribution < 1.29 is 13.2 Å². The van der Waals surface area contributed by atoms with Gasteiger partial charge in [0.15, 0.2) is 0 Å². The van der Waals surface area contributed by atoms with Gasteiger partial charge in [-0.15, -0.1) is 0 Å². The first-order valence-electron chi connectivity index (χ1n) is 6.17. The number of rotatable bonds is 1. The zero-order valence-electron chi connectivity index (χ0n) is 10.9. The number of imidazole rings is 1. The van der Waals surface area contributed by atoms with Crippen molar-refractivity contribution in [2.45, 2.75) is 13.1 Å². The molecule has 0 aliphatic carbocycles. The summed E-state index contributed by atoms with van der Waals surface area (Å²) < 4.78 is 41.0. The maximum absolute atomic E-state index is 12.8. The molecule has 6 heteroatoms. The largest absolute Gasteiger partial charge is 0.416 e. The Hall–Kier alpha value is -1.82. The molecule has 0 unspecified atom stereocenters. The molecule has 0 saturated heterocycles. The minimum absolute atomic E-state index is 0.447. The molecule has 3 aromatic rings. The summed E-state index contributed by atoms with van der Waals surface area (Å²) in [5.74, 6) is 0. The molecule has 1 aromatic carbocycles. The Kier molecular flexibility index (Phi) is 3.28. The van der Waals surface area contributed by atoms with Crippen LogP contribution in [-0.4, -0.2) is 9.38 Å². The van der Waals surface area contributed by atoms with Crippen molar-refractivity contribution in [2.24, 2.45) is 0 Å². The Morgan fingerprint density at radius 3 is 2.62 bits per heavy atom. The van der Waals surface area contributed by atoms with Gasteiger partial charge in [0.05, 0.1) is 11.3 Å². The highest BCUT2D eigenvalue weighted by molar-refractivity contribution is 9.10. The van der Waals surface area contributed by atoms with E-state index in [4.69, 9.17) is 0 Å². The first kappa shape index (κ1) is 14.1. The molecule has 0 amide bonds. The van der Waals surface area contributed by atoms with Gasteiger partial charge in [-0.05, 0) is 46.6 Å². The zero-order chi connectivity index (χ0) is 15.2. The van der Waals surface area contributed by atoms with Gasteiger partial charge in [-0.1, -0.05) is 12.1 Å². The standard InChI is InChI=1S/C15H10BrF3N2/c1-9-5-14-20-13(8-21(14)7-12(9)16)10-3-2-4-11(6-10)15(17,18)19/h2-8H,1H3. The Morgan fingerprint density at radius 1 is 1.14 bits per heavy atom. The van der Waals surface area contributed by atoms with Gasteiger partial charge in [0.2, 0.25) is 0 Å². The minimum atomic E-state index is -4.35. The lowest BCUT2D eigenvalue weighted by Crippen LogP contribution is -2.04. The first-order chi connectivity index (χ1) is 9.84. The number of alkyl halides is 3. The third-order valence-corrected chi connectivity index (χ3v) is 4.05. The van der Waals surface area contributed by atoms with Crippen molar-refractivity contribution in [2.75, 3.05) is 0 Å². The van der Waals surface area contributed by atoms with E-state index >= 15 is 0 Å². The van der Waals surface area contributed by atoms with E-state index in [1.807, 2.05) is 19.2 Å². The molecule has 0 aliphatic rings. The molecule has 0 radical (unpaired) electrons. The monoisotopic (exact) mass is 354 g/mol. The highest BCUT2D eigenvalue weighted by atomic mass is 79.9. The van der Waals surface area contributed by atoms with Crippen LogP contribution in [-0.2, 0) is 6.18 Å². The molecule has 0 fully saturated rings. The number of pyridine rings is 1. The van der Waals surface area contributed by atoms with E-state index in [1.165, 1.54) is 6.07 Å². The molecule has 0 saturated carbocycles. The highest BCUT2D eigenvalue weighted by Crippen LogP contribution is 2.32. The lowest BCUT2D eigenvalue weighted by molar-refractivity contribution is -0.137. The lowest BCUT2D eigenvalue weighted by atomic mass is 10.1. The van der Waals surface area contributed by atoms with E-state index in [2.05, 4.69) is 20.9 Å². The van der Waals surface area contributed by atoms with E-state index in [-0.39, 0.29) is 0 Å². The fourth-order valence-corrected chi connectivity index (χ4v) is 2.43. The van der Waals surface area contributed by atoms with Crippen molar-refractivity contribution >= 4 is 21.6 Å². The van der Waals surface area contributed by atoms with Crippen LogP contribution < -0.4 is 0 Å². The van der Waals surface area contributed by atoms with Gasteiger partial charge < -0.3 is 4.40 Å². The summed E-state index contributed by atoms with van der Waals surface area (Å²) in [7, 11) is 0. The van der Waals surface area contributed by atoms with Gasteiger partial charge >= 0.3 is 6.18 Å². The number of hydrogen-bond donors (Lipinski definition) is 0. The maximum Gasteiger partial charge on any atom is 0.416 e. The second kappa shape index (κ2) is 4.87. The number of aryl methyl sites for hydroxylation is 1. The quantitative estimate of drug-likeness (QED) is 0.594. The smallest absolute Gasteiger partial charge is 0.305 e. The van der Waals surface area contributed by atoms with Crippen molar-refractivity contribution in [1.82, 2.24) is 9.38 Å². The van der Waals surface area contributed by atoms with Gasteiger partial charge in [-0.3, -0.25) is 0 Å². The maximum atomic E-state index is 12.8. The first-order valence-corrected chi connectivity index (χ1v) is 6.96. The summed E-state index contributed by atoms with van der Waals surface area (Å²) >= 11 is 3.42. The van der Waals surface area contributed by atoms with Crippen LogP contribution in [0.15, 0.2) is 47.2 Å². The second-order valence-electron chi connectivity index (χ2n) is 4.77. The van der Waals surface area contributed by atoms with E-state index in [0.29, 0.717) is 16.9 Å². The summed E-state index contributed by atoms with van der Waals surface area (Å²) in [5.41, 5.74) is 2.00. The van der Waals surface area contributed by atoms with Crippen LogP contribution in [0.2, 0.25) is 0 Å². The van der Waals surface area contributed by atoms with Crippen molar-refractivity contribution in [3.63, 3.8) is 0 Å². The Balaban J connectivity index is 2.12. The molecule has 0 aliphatic heterocycles. The van der Waals surface area contributed by atoms with E-state index in [1.54, 1.807) is 16.7 Å². The molecule has 21 heavy (non-hydrogen) atoms. The topological polar surface area (TPSA) is 17.3 Å². The molecule has 0 bridgehead atoms. The summed E-state index contributed by atoms with van der Waals surface area (Å²) in [6.07, 6.45) is -0.793.